The lowest BCUT2D eigenvalue weighted by Crippen LogP contribution is -2.32. The second-order valence-electron chi connectivity index (χ2n) is 18.7. The molecule has 1 aliphatic carbocycles. The van der Waals surface area contributed by atoms with E-state index < -0.39 is 5.41 Å². The molecule has 7 heteroatoms. The van der Waals surface area contributed by atoms with Crippen molar-refractivity contribution in [3.05, 3.63) is 253 Å². The molecule has 0 N–H and O–H groups in total. The molecular formula is C64H38N6O. The van der Waals surface area contributed by atoms with Crippen molar-refractivity contribution in [3.63, 3.8) is 0 Å². The average molecular weight is 907 g/mol. The fraction of sp³-hybridized carbons (Fsp3) is 0.0156. The Morgan fingerprint density at radius 2 is 0.887 bits per heavy atom. The van der Waals surface area contributed by atoms with Gasteiger partial charge in [-0.1, -0.05) is 127 Å². The SMILES string of the molecule is c1ccc2c(c1)Oc1cc(-n3c4ccccc4c4ccccc43)ccc1C21c2cccnc2-c2ncc(-c3ccc4c(c3)c3ccccc3n4-c3ccncc3-n3c4ccccc4c4ccccc43)cc21. The van der Waals surface area contributed by atoms with Gasteiger partial charge in [0.15, 0.2) is 0 Å². The smallest absolute Gasteiger partial charge is 0.134 e. The monoisotopic (exact) mass is 906 g/mol. The Hall–Kier alpha value is -9.59. The van der Waals surface area contributed by atoms with Crippen molar-refractivity contribution >= 4 is 65.4 Å². The minimum absolute atomic E-state index is 0.754. The molecule has 1 unspecified atom stereocenters. The zero-order valence-corrected chi connectivity index (χ0v) is 38.0. The number of pyridine rings is 3. The number of para-hydroxylation sites is 6. The Morgan fingerprint density at radius 3 is 1.58 bits per heavy atom. The largest absolute Gasteiger partial charge is 0.457 e. The molecule has 0 saturated carbocycles. The highest BCUT2D eigenvalue weighted by Gasteiger charge is 2.52. The van der Waals surface area contributed by atoms with Crippen LogP contribution in [0.15, 0.2) is 231 Å². The molecule has 0 fully saturated rings. The first-order valence-corrected chi connectivity index (χ1v) is 24.1. The maximum absolute atomic E-state index is 7.01. The van der Waals surface area contributed by atoms with Gasteiger partial charge in [-0.2, -0.15) is 0 Å². The van der Waals surface area contributed by atoms with Gasteiger partial charge in [-0.05, 0) is 83.9 Å². The van der Waals surface area contributed by atoms with Crippen LogP contribution < -0.4 is 4.74 Å². The van der Waals surface area contributed by atoms with Gasteiger partial charge in [0.2, 0.25) is 0 Å². The Bertz CT molecular complexity index is 4490. The summed E-state index contributed by atoms with van der Waals surface area (Å²) in [7, 11) is 0. The van der Waals surface area contributed by atoms with Gasteiger partial charge in [-0.3, -0.25) is 15.0 Å². The molecule has 1 spiro atoms. The normalized spacial score (nSPS) is 14.6. The summed E-state index contributed by atoms with van der Waals surface area (Å²) in [6, 6.07) is 74.2. The third-order valence-corrected chi connectivity index (χ3v) is 15.3. The molecule has 0 saturated heterocycles. The lowest BCUT2D eigenvalue weighted by molar-refractivity contribution is 0.436. The fourth-order valence-electron chi connectivity index (χ4n) is 12.4. The predicted molar refractivity (Wildman–Crippen MR) is 286 cm³/mol. The second-order valence-corrected chi connectivity index (χ2v) is 18.7. The molecule has 1 atom stereocenters. The molecule has 16 rings (SSSR count). The maximum Gasteiger partial charge on any atom is 0.134 e. The van der Waals surface area contributed by atoms with Crippen molar-refractivity contribution in [2.24, 2.45) is 0 Å². The lowest BCUT2D eigenvalue weighted by atomic mass is 9.66. The van der Waals surface area contributed by atoms with Crippen molar-refractivity contribution in [2.75, 3.05) is 0 Å². The van der Waals surface area contributed by atoms with Gasteiger partial charge in [-0.25, -0.2) is 0 Å². The molecule has 330 valence electrons. The van der Waals surface area contributed by atoms with Crippen LogP contribution in [-0.2, 0) is 5.41 Å². The predicted octanol–water partition coefficient (Wildman–Crippen LogP) is 15.3. The highest BCUT2D eigenvalue weighted by molar-refractivity contribution is 6.13. The van der Waals surface area contributed by atoms with Crippen LogP contribution in [0.3, 0.4) is 0 Å². The quantitative estimate of drug-likeness (QED) is 0.176. The number of ether oxygens (including phenoxy) is 1. The molecule has 0 amide bonds. The van der Waals surface area contributed by atoms with E-state index in [-0.39, 0.29) is 0 Å². The van der Waals surface area contributed by atoms with E-state index in [1.54, 1.807) is 0 Å². The molecule has 7 heterocycles. The summed E-state index contributed by atoms with van der Waals surface area (Å²) >= 11 is 0. The van der Waals surface area contributed by atoms with E-state index in [2.05, 4.69) is 220 Å². The van der Waals surface area contributed by atoms with Crippen LogP contribution in [0.5, 0.6) is 11.5 Å². The Balaban J connectivity index is 0.897. The van der Waals surface area contributed by atoms with E-state index in [1.165, 1.54) is 26.9 Å². The molecule has 7 nitrogen and oxygen atoms in total. The second kappa shape index (κ2) is 14.2. The first kappa shape index (κ1) is 38.4. The number of fused-ring (bicyclic) bond motifs is 18. The van der Waals surface area contributed by atoms with Crippen molar-refractivity contribution in [3.8, 4) is 51.1 Å². The van der Waals surface area contributed by atoms with Crippen molar-refractivity contribution < 1.29 is 4.74 Å². The molecular weight excluding hydrogens is 869 g/mol. The van der Waals surface area contributed by atoms with Crippen molar-refractivity contribution in [1.82, 2.24) is 28.7 Å². The van der Waals surface area contributed by atoms with Gasteiger partial charge < -0.3 is 18.4 Å². The van der Waals surface area contributed by atoms with E-state index in [1.807, 2.05) is 24.8 Å². The third-order valence-electron chi connectivity index (χ3n) is 15.3. The zero-order valence-electron chi connectivity index (χ0n) is 38.0. The van der Waals surface area contributed by atoms with Crippen molar-refractivity contribution in [1.29, 1.82) is 0 Å². The number of rotatable bonds is 4. The van der Waals surface area contributed by atoms with Crippen LogP contribution >= 0.6 is 0 Å². The zero-order chi connectivity index (χ0) is 46.4. The van der Waals surface area contributed by atoms with Crippen LogP contribution in [-0.4, -0.2) is 28.7 Å². The maximum atomic E-state index is 7.01. The summed E-state index contributed by atoms with van der Waals surface area (Å²) in [6.07, 6.45) is 7.81. The van der Waals surface area contributed by atoms with Crippen LogP contribution in [0.2, 0.25) is 0 Å². The number of benzene rings is 8. The Kier molecular flexibility index (Phi) is 7.69. The van der Waals surface area contributed by atoms with E-state index in [0.29, 0.717) is 0 Å². The van der Waals surface area contributed by atoms with E-state index in [4.69, 9.17) is 19.7 Å². The molecule has 0 bridgehead atoms. The minimum Gasteiger partial charge on any atom is -0.457 e. The summed E-state index contributed by atoms with van der Waals surface area (Å²) in [5, 5.41) is 7.19. The number of nitrogens with zero attached hydrogens (tertiary/aromatic N) is 6. The first-order chi connectivity index (χ1) is 35.2. The van der Waals surface area contributed by atoms with E-state index in [0.717, 1.165) is 112 Å². The average Bonchev–Trinajstić information content (AvgIpc) is 4.15. The van der Waals surface area contributed by atoms with Crippen LogP contribution in [0.4, 0.5) is 0 Å². The van der Waals surface area contributed by atoms with E-state index >= 15 is 0 Å². The number of hydrogen-bond donors (Lipinski definition) is 0. The van der Waals surface area contributed by atoms with Crippen molar-refractivity contribution in [2.45, 2.75) is 5.41 Å². The Morgan fingerprint density at radius 1 is 0.338 bits per heavy atom. The molecule has 14 aromatic rings. The van der Waals surface area contributed by atoms with Gasteiger partial charge in [0.25, 0.3) is 0 Å². The summed E-state index contributed by atoms with van der Waals surface area (Å²) in [6.45, 7) is 0. The van der Waals surface area contributed by atoms with Crippen LogP contribution in [0.25, 0.3) is 105 Å². The van der Waals surface area contributed by atoms with Gasteiger partial charge in [0.1, 0.15) is 11.5 Å². The summed E-state index contributed by atoms with van der Waals surface area (Å²) in [5.41, 5.74) is 17.3. The van der Waals surface area contributed by atoms with Gasteiger partial charge in [0.05, 0.1) is 67.5 Å². The van der Waals surface area contributed by atoms with Gasteiger partial charge in [-0.15, -0.1) is 0 Å². The van der Waals surface area contributed by atoms with Gasteiger partial charge >= 0.3 is 0 Å². The lowest BCUT2D eigenvalue weighted by Gasteiger charge is -2.39. The molecule has 1 aliphatic heterocycles. The highest BCUT2D eigenvalue weighted by Crippen LogP contribution is 2.62. The Labute approximate surface area is 406 Å². The number of aromatic nitrogens is 6. The summed E-state index contributed by atoms with van der Waals surface area (Å²) in [5.74, 6) is 1.62. The first-order valence-electron chi connectivity index (χ1n) is 24.1. The van der Waals surface area contributed by atoms with Crippen LogP contribution in [0, 0.1) is 0 Å². The molecule has 71 heavy (non-hydrogen) atoms. The summed E-state index contributed by atoms with van der Waals surface area (Å²) in [4.78, 5) is 15.2. The topological polar surface area (TPSA) is 62.7 Å². The fourth-order valence-corrected chi connectivity index (χ4v) is 12.4. The van der Waals surface area contributed by atoms with Crippen LogP contribution in [0.1, 0.15) is 22.3 Å². The minimum atomic E-state index is -0.754. The number of hydrogen-bond acceptors (Lipinski definition) is 4. The summed E-state index contributed by atoms with van der Waals surface area (Å²) < 4.78 is 14.1. The molecule has 8 aromatic carbocycles. The van der Waals surface area contributed by atoms with Gasteiger partial charge in [0, 0.05) is 84.9 Å². The molecule has 2 aliphatic rings. The third kappa shape index (κ3) is 5.08. The highest BCUT2D eigenvalue weighted by atomic mass is 16.5. The standard InChI is InChI=1S/C64H38N6O/c1-7-21-52-42(14-1)43-15-2-8-22-53(43)68(52)41-28-29-49-61(36-41)71-60-26-12-6-19-48(60)64(49)50-20-13-32-66-62(50)63-51(64)35-40(37-67-63)39-27-30-57-47(34-39)46-18-5-11-25-56(46)69(57)58-31-33-65-38-59(58)70-54-23-9-3-16-44(54)45-17-4-10-24-55(45)70/h1-38H. The van der Waals surface area contributed by atoms with E-state index in [9.17, 15) is 0 Å². The molecule has 6 aromatic heterocycles. The molecule has 0 radical (unpaired) electrons.